The van der Waals surface area contributed by atoms with Gasteiger partial charge in [0, 0.05) is 18.8 Å². The maximum absolute atomic E-state index is 12.4. The van der Waals surface area contributed by atoms with Crippen molar-refractivity contribution in [1.29, 1.82) is 0 Å². The predicted molar refractivity (Wildman–Crippen MR) is 65.3 cm³/mol. The molecule has 1 amide bonds. The lowest BCUT2D eigenvalue weighted by Crippen LogP contribution is -2.27. The SMILES string of the molecule is O=C(NCc1ccnc(OCC(F)(F)F)c1)[C@@H]1CC1C(F)(F)F. The lowest BCUT2D eigenvalue weighted by Gasteiger charge is -2.10. The van der Waals surface area contributed by atoms with Gasteiger partial charge in [-0.3, -0.25) is 4.79 Å². The van der Waals surface area contributed by atoms with E-state index in [0.717, 1.165) is 0 Å². The molecular weight excluding hydrogens is 330 g/mol. The average molecular weight is 342 g/mol. The van der Waals surface area contributed by atoms with Crippen molar-refractivity contribution in [1.82, 2.24) is 10.3 Å². The van der Waals surface area contributed by atoms with Gasteiger partial charge in [0.15, 0.2) is 6.61 Å². The molecule has 1 unspecified atom stereocenters. The minimum Gasteiger partial charge on any atom is -0.468 e. The Balaban J connectivity index is 1.83. The maximum Gasteiger partial charge on any atom is 0.422 e. The molecule has 4 nitrogen and oxygen atoms in total. The zero-order valence-electron chi connectivity index (χ0n) is 11.5. The van der Waals surface area contributed by atoms with Gasteiger partial charge in [0.05, 0.1) is 11.8 Å². The molecule has 1 fully saturated rings. The van der Waals surface area contributed by atoms with E-state index < -0.39 is 36.7 Å². The first-order chi connectivity index (χ1) is 10.6. The Kier molecular flexibility index (Phi) is 4.71. The second kappa shape index (κ2) is 6.25. The average Bonchev–Trinajstić information content (AvgIpc) is 3.23. The number of nitrogens with one attached hydrogen (secondary N) is 1. The van der Waals surface area contributed by atoms with Gasteiger partial charge >= 0.3 is 12.4 Å². The molecule has 10 heteroatoms. The van der Waals surface area contributed by atoms with E-state index in [2.05, 4.69) is 15.0 Å². The fraction of sp³-hybridized carbons (Fsp3) is 0.538. The number of alkyl halides is 6. The van der Waals surface area contributed by atoms with Crippen molar-refractivity contribution in [2.75, 3.05) is 6.61 Å². The van der Waals surface area contributed by atoms with E-state index in [1.165, 1.54) is 18.3 Å². The highest BCUT2D eigenvalue weighted by molar-refractivity contribution is 5.81. The lowest BCUT2D eigenvalue weighted by atomic mass is 10.2. The van der Waals surface area contributed by atoms with E-state index >= 15 is 0 Å². The molecule has 1 saturated carbocycles. The van der Waals surface area contributed by atoms with E-state index in [-0.39, 0.29) is 18.8 Å². The van der Waals surface area contributed by atoms with Gasteiger partial charge in [0.2, 0.25) is 11.8 Å². The molecule has 0 aliphatic heterocycles. The third-order valence-corrected chi connectivity index (χ3v) is 3.20. The summed E-state index contributed by atoms with van der Waals surface area (Å²) >= 11 is 0. The normalized spacial score (nSPS) is 21.0. The molecule has 0 radical (unpaired) electrons. The number of pyridine rings is 1. The van der Waals surface area contributed by atoms with E-state index in [1.807, 2.05) is 0 Å². The summed E-state index contributed by atoms with van der Waals surface area (Å²) in [5, 5.41) is 2.32. The van der Waals surface area contributed by atoms with Crippen molar-refractivity contribution in [3.05, 3.63) is 23.9 Å². The molecule has 0 saturated heterocycles. The van der Waals surface area contributed by atoms with Gasteiger partial charge in [-0.1, -0.05) is 0 Å². The van der Waals surface area contributed by atoms with Crippen LogP contribution in [0.15, 0.2) is 18.3 Å². The molecule has 128 valence electrons. The van der Waals surface area contributed by atoms with Gasteiger partial charge in [-0.05, 0) is 18.1 Å². The van der Waals surface area contributed by atoms with Crippen LogP contribution in [0.5, 0.6) is 5.88 Å². The van der Waals surface area contributed by atoms with Gasteiger partial charge in [-0.25, -0.2) is 4.98 Å². The van der Waals surface area contributed by atoms with Crippen LogP contribution in [0.25, 0.3) is 0 Å². The molecule has 1 heterocycles. The predicted octanol–water partition coefficient (Wildman–Crippen LogP) is 2.84. The Morgan fingerprint density at radius 2 is 2.00 bits per heavy atom. The molecule has 1 aliphatic carbocycles. The number of rotatable bonds is 5. The molecule has 0 spiro atoms. The molecule has 1 N–H and O–H groups in total. The summed E-state index contributed by atoms with van der Waals surface area (Å²) < 4.78 is 77.6. The number of carbonyl (C=O) groups excluding carboxylic acids is 1. The number of carbonyl (C=O) groups is 1. The Bertz CT molecular complexity index is 572. The molecule has 1 aliphatic rings. The Hall–Kier alpha value is -2.00. The summed E-state index contributed by atoms with van der Waals surface area (Å²) in [6.45, 7) is -1.63. The van der Waals surface area contributed by atoms with Crippen molar-refractivity contribution in [3.63, 3.8) is 0 Å². The molecule has 0 aromatic carbocycles. The molecule has 0 bridgehead atoms. The quantitative estimate of drug-likeness (QED) is 0.838. The molecule has 1 aromatic heterocycles. The van der Waals surface area contributed by atoms with Crippen LogP contribution in [0.2, 0.25) is 0 Å². The van der Waals surface area contributed by atoms with Crippen LogP contribution in [0.3, 0.4) is 0 Å². The molecular formula is C13H12F6N2O2. The van der Waals surface area contributed by atoms with E-state index in [9.17, 15) is 31.1 Å². The van der Waals surface area contributed by atoms with Crippen molar-refractivity contribution in [2.45, 2.75) is 25.3 Å². The lowest BCUT2D eigenvalue weighted by molar-refractivity contribution is -0.155. The Labute approximate surface area is 126 Å². The van der Waals surface area contributed by atoms with Crippen molar-refractivity contribution in [2.24, 2.45) is 11.8 Å². The number of hydrogen-bond acceptors (Lipinski definition) is 3. The van der Waals surface area contributed by atoms with E-state index in [4.69, 9.17) is 0 Å². The summed E-state index contributed by atoms with van der Waals surface area (Å²) in [6, 6.07) is 2.59. The van der Waals surface area contributed by atoms with Gasteiger partial charge < -0.3 is 10.1 Å². The van der Waals surface area contributed by atoms with Crippen molar-refractivity contribution >= 4 is 5.91 Å². The molecule has 2 atom stereocenters. The summed E-state index contributed by atoms with van der Waals surface area (Å²) in [6.07, 6.45) is -7.96. The minimum absolute atomic E-state index is 0.120. The summed E-state index contributed by atoms with van der Waals surface area (Å²) in [4.78, 5) is 15.1. The van der Waals surface area contributed by atoms with E-state index in [0.29, 0.717) is 5.56 Å². The van der Waals surface area contributed by atoms with Gasteiger partial charge in [-0.2, -0.15) is 26.3 Å². The highest BCUT2D eigenvalue weighted by atomic mass is 19.4. The van der Waals surface area contributed by atoms with Crippen LogP contribution in [-0.4, -0.2) is 29.9 Å². The summed E-state index contributed by atoms with van der Waals surface area (Å²) in [5.74, 6) is -3.74. The fourth-order valence-corrected chi connectivity index (χ4v) is 1.96. The number of nitrogens with zero attached hydrogens (tertiary/aromatic N) is 1. The summed E-state index contributed by atoms with van der Waals surface area (Å²) in [7, 11) is 0. The second-order valence-corrected chi connectivity index (χ2v) is 5.11. The first-order valence-corrected chi connectivity index (χ1v) is 6.55. The number of amides is 1. The van der Waals surface area contributed by atoms with Crippen LogP contribution in [0, 0.1) is 11.8 Å². The third-order valence-electron chi connectivity index (χ3n) is 3.20. The first kappa shape index (κ1) is 17.4. The van der Waals surface area contributed by atoms with Gasteiger partial charge in [0.1, 0.15) is 0 Å². The Morgan fingerprint density at radius 3 is 2.57 bits per heavy atom. The molecule has 1 aromatic rings. The molecule has 23 heavy (non-hydrogen) atoms. The monoisotopic (exact) mass is 342 g/mol. The smallest absolute Gasteiger partial charge is 0.422 e. The third kappa shape index (κ3) is 5.29. The number of aromatic nitrogens is 1. The van der Waals surface area contributed by atoms with Crippen LogP contribution in [-0.2, 0) is 11.3 Å². The number of hydrogen-bond donors (Lipinski definition) is 1. The largest absolute Gasteiger partial charge is 0.468 e. The van der Waals surface area contributed by atoms with Crippen molar-refractivity contribution in [3.8, 4) is 5.88 Å². The number of halogens is 6. The maximum atomic E-state index is 12.4. The van der Waals surface area contributed by atoms with Crippen molar-refractivity contribution < 1.29 is 35.9 Å². The fourth-order valence-electron chi connectivity index (χ4n) is 1.96. The molecule has 2 rings (SSSR count). The number of ether oxygens (including phenoxy) is 1. The van der Waals surface area contributed by atoms with Crippen LogP contribution in [0.4, 0.5) is 26.3 Å². The topological polar surface area (TPSA) is 51.2 Å². The van der Waals surface area contributed by atoms with Crippen LogP contribution < -0.4 is 10.1 Å². The van der Waals surface area contributed by atoms with E-state index in [1.54, 1.807) is 0 Å². The minimum atomic E-state index is -4.51. The summed E-state index contributed by atoms with van der Waals surface area (Å²) in [5.41, 5.74) is 0.370. The first-order valence-electron chi connectivity index (χ1n) is 6.55. The van der Waals surface area contributed by atoms with Gasteiger partial charge in [-0.15, -0.1) is 0 Å². The van der Waals surface area contributed by atoms with Crippen LogP contribution in [0.1, 0.15) is 12.0 Å². The van der Waals surface area contributed by atoms with Gasteiger partial charge in [0.25, 0.3) is 0 Å². The standard InChI is InChI=1S/C13H12F6N2O2/c14-12(15,16)6-23-10-3-7(1-2-20-10)5-21-11(22)8-4-9(8)13(17,18)19/h1-3,8-9H,4-6H2,(H,21,22)/t8-,9?/m1/s1. The highest BCUT2D eigenvalue weighted by Gasteiger charge is 2.58. The zero-order valence-corrected chi connectivity index (χ0v) is 11.5. The van der Waals surface area contributed by atoms with Crippen LogP contribution >= 0.6 is 0 Å². The highest BCUT2D eigenvalue weighted by Crippen LogP contribution is 2.50. The Morgan fingerprint density at radius 1 is 1.30 bits per heavy atom. The zero-order chi connectivity index (χ0) is 17.3. The second-order valence-electron chi connectivity index (χ2n) is 5.11.